The van der Waals surface area contributed by atoms with Crippen molar-refractivity contribution in [3.63, 3.8) is 0 Å². The Labute approximate surface area is 170 Å². The number of carbonyl (C=O) groups is 1. The average molecular weight is 384 g/mol. The summed E-state index contributed by atoms with van der Waals surface area (Å²) in [6.07, 6.45) is 1.37. The summed E-state index contributed by atoms with van der Waals surface area (Å²) in [4.78, 5) is 17.1. The normalized spacial score (nSPS) is 11.7. The predicted molar refractivity (Wildman–Crippen MR) is 118 cm³/mol. The van der Waals surface area contributed by atoms with Crippen LogP contribution in [0.1, 0.15) is 37.6 Å². The van der Waals surface area contributed by atoms with Crippen molar-refractivity contribution < 1.29 is 9.53 Å². The zero-order valence-electron chi connectivity index (χ0n) is 17.2. The minimum atomic E-state index is -0.540. The Morgan fingerprint density at radius 1 is 1.07 bits per heavy atom. The second-order valence-corrected chi connectivity index (χ2v) is 8.25. The van der Waals surface area contributed by atoms with E-state index in [1.54, 1.807) is 10.8 Å². The van der Waals surface area contributed by atoms with Crippen molar-refractivity contribution in [3.05, 3.63) is 84.2 Å². The molecule has 4 aromatic rings. The van der Waals surface area contributed by atoms with Crippen molar-refractivity contribution in [1.29, 1.82) is 0 Å². The molecule has 0 N–H and O–H groups in total. The van der Waals surface area contributed by atoms with Crippen LogP contribution in [0.3, 0.4) is 0 Å². The second kappa shape index (κ2) is 6.89. The van der Waals surface area contributed by atoms with Gasteiger partial charge in [-0.3, -0.25) is 9.55 Å². The van der Waals surface area contributed by atoms with E-state index in [1.165, 1.54) is 0 Å². The highest BCUT2D eigenvalue weighted by atomic mass is 16.6. The average Bonchev–Trinajstić information content (AvgIpc) is 3.08. The maximum atomic E-state index is 12.5. The fraction of sp³-hybridized carbons (Fsp3) is 0.200. The standard InChI is InChI=1S/C25H24N2O2/c1-16-14-21(20-8-6-7-9-22(20)26-16)17(2)18-10-11-23-19(15-18)12-13-27(23)24(28)29-25(3,4)5/h6-15H,2H2,1,3-5H3. The van der Waals surface area contributed by atoms with Gasteiger partial charge in [0.25, 0.3) is 0 Å². The van der Waals surface area contributed by atoms with Gasteiger partial charge in [-0.25, -0.2) is 4.79 Å². The van der Waals surface area contributed by atoms with Gasteiger partial charge in [0.15, 0.2) is 0 Å². The number of ether oxygens (including phenoxy) is 1. The molecule has 29 heavy (non-hydrogen) atoms. The molecule has 0 saturated carbocycles. The van der Waals surface area contributed by atoms with E-state index in [0.717, 1.165) is 44.2 Å². The number of rotatable bonds is 2. The van der Waals surface area contributed by atoms with Crippen molar-refractivity contribution in [2.75, 3.05) is 0 Å². The van der Waals surface area contributed by atoms with Crippen molar-refractivity contribution in [1.82, 2.24) is 9.55 Å². The summed E-state index contributed by atoms with van der Waals surface area (Å²) >= 11 is 0. The fourth-order valence-corrected chi connectivity index (χ4v) is 3.51. The maximum Gasteiger partial charge on any atom is 0.418 e. The Balaban J connectivity index is 1.75. The molecule has 0 fully saturated rings. The summed E-state index contributed by atoms with van der Waals surface area (Å²) in [6.45, 7) is 11.9. The number of fused-ring (bicyclic) bond motifs is 2. The first kappa shape index (κ1) is 18.9. The summed E-state index contributed by atoms with van der Waals surface area (Å²) in [5.74, 6) is 0. The van der Waals surface area contributed by atoms with Crippen LogP contribution in [0.4, 0.5) is 4.79 Å². The second-order valence-electron chi connectivity index (χ2n) is 8.25. The third-order valence-corrected chi connectivity index (χ3v) is 4.80. The summed E-state index contributed by atoms with van der Waals surface area (Å²) < 4.78 is 7.04. The first-order chi connectivity index (χ1) is 13.7. The molecule has 2 heterocycles. The monoisotopic (exact) mass is 384 g/mol. The van der Waals surface area contributed by atoms with E-state index in [-0.39, 0.29) is 6.09 Å². The molecule has 0 atom stereocenters. The molecule has 0 aliphatic rings. The van der Waals surface area contributed by atoms with Gasteiger partial charge in [-0.15, -0.1) is 0 Å². The van der Waals surface area contributed by atoms with Gasteiger partial charge in [0.1, 0.15) is 5.60 Å². The highest BCUT2D eigenvalue weighted by Crippen LogP contribution is 2.31. The summed E-state index contributed by atoms with van der Waals surface area (Å²) in [5, 5.41) is 2.04. The molecule has 4 heteroatoms. The van der Waals surface area contributed by atoms with Gasteiger partial charge in [0.05, 0.1) is 11.0 Å². The lowest BCUT2D eigenvalue weighted by Gasteiger charge is -2.19. The molecule has 4 rings (SSSR count). The molecule has 0 aliphatic heterocycles. The highest BCUT2D eigenvalue weighted by molar-refractivity contribution is 5.98. The largest absolute Gasteiger partial charge is 0.443 e. The Morgan fingerprint density at radius 2 is 1.83 bits per heavy atom. The van der Waals surface area contributed by atoms with Crippen molar-refractivity contribution >= 4 is 33.5 Å². The summed E-state index contributed by atoms with van der Waals surface area (Å²) in [6, 6.07) is 18.1. The third kappa shape index (κ3) is 3.66. The van der Waals surface area contributed by atoms with Crippen molar-refractivity contribution in [3.8, 4) is 0 Å². The van der Waals surface area contributed by atoms with Crippen LogP contribution in [0.25, 0.3) is 27.4 Å². The first-order valence-corrected chi connectivity index (χ1v) is 9.63. The molecule has 146 valence electrons. The number of aromatic nitrogens is 2. The molecule has 0 saturated heterocycles. The van der Waals surface area contributed by atoms with Crippen LogP contribution in [0.2, 0.25) is 0 Å². The van der Waals surface area contributed by atoms with Gasteiger partial charge in [-0.1, -0.05) is 30.8 Å². The number of pyridine rings is 1. The molecule has 0 spiro atoms. The lowest BCUT2D eigenvalue weighted by Crippen LogP contribution is -2.26. The Morgan fingerprint density at radius 3 is 2.59 bits per heavy atom. The number of carbonyl (C=O) groups excluding carboxylic acids is 1. The van der Waals surface area contributed by atoms with E-state index in [4.69, 9.17) is 4.74 Å². The SMILES string of the molecule is C=C(c1ccc2c(ccn2C(=O)OC(C)(C)C)c1)c1cc(C)nc2ccccc12. The van der Waals surface area contributed by atoms with Gasteiger partial charge in [0, 0.05) is 22.7 Å². The lowest BCUT2D eigenvalue weighted by atomic mass is 9.95. The van der Waals surface area contributed by atoms with E-state index in [0.29, 0.717) is 0 Å². The molecular formula is C25H24N2O2. The minimum Gasteiger partial charge on any atom is -0.443 e. The van der Waals surface area contributed by atoms with E-state index >= 15 is 0 Å². The summed E-state index contributed by atoms with van der Waals surface area (Å²) in [7, 11) is 0. The Hall–Kier alpha value is -3.40. The minimum absolute atomic E-state index is 0.380. The van der Waals surface area contributed by atoms with E-state index < -0.39 is 5.60 Å². The topological polar surface area (TPSA) is 44.1 Å². The fourth-order valence-electron chi connectivity index (χ4n) is 3.51. The molecule has 2 aromatic heterocycles. The molecular weight excluding hydrogens is 360 g/mol. The number of benzene rings is 2. The lowest BCUT2D eigenvalue weighted by molar-refractivity contribution is 0.0544. The first-order valence-electron chi connectivity index (χ1n) is 9.63. The van der Waals surface area contributed by atoms with Crippen molar-refractivity contribution in [2.45, 2.75) is 33.3 Å². The maximum absolute atomic E-state index is 12.5. The van der Waals surface area contributed by atoms with Crippen LogP contribution < -0.4 is 0 Å². The smallest absolute Gasteiger partial charge is 0.418 e. The Bertz CT molecular complexity index is 1260. The van der Waals surface area contributed by atoms with Crippen LogP contribution in [0.5, 0.6) is 0 Å². The third-order valence-electron chi connectivity index (χ3n) is 4.80. The zero-order valence-corrected chi connectivity index (χ0v) is 17.2. The van der Waals surface area contributed by atoms with Gasteiger partial charge >= 0.3 is 6.09 Å². The predicted octanol–water partition coefficient (Wildman–Crippen LogP) is 6.34. The molecule has 4 nitrogen and oxygen atoms in total. The molecule has 0 amide bonds. The quantitative estimate of drug-likeness (QED) is 0.405. The van der Waals surface area contributed by atoms with Crippen LogP contribution in [-0.4, -0.2) is 21.2 Å². The number of nitrogens with zero attached hydrogens (tertiary/aromatic N) is 2. The van der Waals surface area contributed by atoms with Gasteiger partial charge in [-0.05, 0) is 74.7 Å². The van der Waals surface area contributed by atoms with Gasteiger partial charge in [-0.2, -0.15) is 0 Å². The molecule has 0 radical (unpaired) electrons. The summed E-state index contributed by atoms with van der Waals surface area (Å²) in [5.41, 5.74) is 5.19. The number of hydrogen-bond acceptors (Lipinski definition) is 3. The number of hydrogen-bond donors (Lipinski definition) is 0. The number of para-hydroxylation sites is 1. The highest BCUT2D eigenvalue weighted by Gasteiger charge is 2.19. The van der Waals surface area contributed by atoms with Gasteiger partial charge in [0.2, 0.25) is 0 Å². The number of aryl methyl sites for hydroxylation is 1. The van der Waals surface area contributed by atoms with Crippen molar-refractivity contribution in [2.24, 2.45) is 0 Å². The van der Waals surface area contributed by atoms with E-state index in [9.17, 15) is 4.79 Å². The van der Waals surface area contributed by atoms with Crippen LogP contribution in [0.15, 0.2) is 67.4 Å². The van der Waals surface area contributed by atoms with E-state index in [2.05, 4.69) is 29.8 Å². The molecule has 0 aliphatic carbocycles. The zero-order chi connectivity index (χ0) is 20.8. The van der Waals surface area contributed by atoms with Gasteiger partial charge < -0.3 is 4.74 Å². The molecule has 0 bridgehead atoms. The van der Waals surface area contributed by atoms with Crippen LogP contribution in [-0.2, 0) is 4.74 Å². The molecule has 2 aromatic carbocycles. The molecule has 0 unspecified atom stereocenters. The van der Waals surface area contributed by atoms with Crippen LogP contribution in [0, 0.1) is 6.92 Å². The van der Waals surface area contributed by atoms with Crippen LogP contribution >= 0.6 is 0 Å². The van der Waals surface area contributed by atoms with E-state index in [1.807, 2.05) is 64.1 Å². The Kier molecular flexibility index (Phi) is 4.50.